The first kappa shape index (κ1) is 13.0. The van der Waals surface area contributed by atoms with Gasteiger partial charge in [0.05, 0.1) is 11.3 Å². The Balaban J connectivity index is 2.26. The van der Waals surface area contributed by atoms with Crippen LogP contribution in [0.4, 0.5) is 18.9 Å². The van der Waals surface area contributed by atoms with E-state index in [9.17, 15) is 13.2 Å². The Morgan fingerprint density at radius 1 is 1.10 bits per heavy atom. The standard InChI is InChI=1S/C13H6BrF3N2O/c14-5-3-8(18)12-9(4-5)19-13(20-12)6-1-2-7(15)11(17)10(6)16/h1-4H,18H2. The molecule has 3 nitrogen and oxygen atoms in total. The van der Waals surface area contributed by atoms with Gasteiger partial charge in [-0.1, -0.05) is 15.9 Å². The maximum absolute atomic E-state index is 13.7. The molecule has 20 heavy (non-hydrogen) atoms. The summed E-state index contributed by atoms with van der Waals surface area (Å²) in [7, 11) is 0. The summed E-state index contributed by atoms with van der Waals surface area (Å²) in [5.74, 6) is -4.36. The summed E-state index contributed by atoms with van der Waals surface area (Å²) in [4.78, 5) is 4.03. The lowest BCUT2D eigenvalue weighted by Crippen LogP contribution is -1.93. The first-order chi connectivity index (χ1) is 9.47. The van der Waals surface area contributed by atoms with Gasteiger partial charge < -0.3 is 10.2 Å². The Bertz CT molecular complexity index is 832. The molecule has 1 heterocycles. The van der Waals surface area contributed by atoms with Gasteiger partial charge in [0.15, 0.2) is 23.0 Å². The van der Waals surface area contributed by atoms with Crippen molar-refractivity contribution in [3.05, 3.63) is 46.2 Å². The van der Waals surface area contributed by atoms with Crippen molar-refractivity contribution < 1.29 is 17.6 Å². The number of halogens is 4. The average Bonchev–Trinajstić information content (AvgIpc) is 2.80. The molecule has 2 N–H and O–H groups in total. The Labute approximate surface area is 119 Å². The molecule has 3 aromatic rings. The third kappa shape index (κ3) is 1.94. The van der Waals surface area contributed by atoms with Crippen molar-refractivity contribution in [2.45, 2.75) is 0 Å². The smallest absolute Gasteiger partial charge is 0.230 e. The molecular formula is C13H6BrF3N2O. The summed E-state index contributed by atoms with van der Waals surface area (Å²) < 4.78 is 45.8. The predicted octanol–water partition coefficient (Wildman–Crippen LogP) is 4.26. The zero-order valence-corrected chi connectivity index (χ0v) is 11.3. The van der Waals surface area contributed by atoms with Gasteiger partial charge in [-0.05, 0) is 24.3 Å². The lowest BCUT2D eigenvalue weighted by atomic mass is 10.2. The molecule has 7 heteroatoms. The number of fused-ring (bicyclic) bond motifs is 1. The van der Waals surface area contributed by atoms with Gasteiger partial charge in [-0.3, -0.25) is 0 Å². The largest absolute Gasteiger partial charge is 0.434 e. The monoisotopic (exact) mass is 342 g/mol. The second-order valence-corrected chi connectivity index (χ2v) is 5.00. The lowest BCUT2D eigenvalue weighted by Gasteiger charge is -1.99. The molecule has 0 aliphatic rings. The molecule has 1 aromatic heterocycles. The van der Waals surface area contributed by atoms with E-state index >= 15 is 0 Å². The number of benzene rings is 2. The van der Waals surface area contributed by atoms with Gasteiger partial charge in [0.1, 0.15) is 5.52 Å². The molecule has 102 valence electrons. The van der Waals surface area contributed by atoms with Gasteiger partial charge in [0.2, 0.25) is 5.89 Å². The quantitative estimate of drug-likeness (QED) is 0.531. The van der Waals surface area contributed by atoms with Crippen molar-refractivity contribution in [3.63, 3.8) is 0 Å². The fraction of sp³-hybridized carbons (Fsp3) is 0. The Hall–Kier alpha value is -2.02. The van der Waals surface area contributed by atoms with Crippen LogP contribution in [0, 0.1) is 17.5 Å². The third-order valence-corrected chi connectivity index (χ3v) is 3.21. The number of nitrogen functional groups attached to an aromatic ring is 1. The summed E-state index contributed by atoms with van der Waals surface area (Å²) >= 11 is 3.24. The number of oxazole rings is 1. The predicted molar refractivity (Wildman–Crippen MR) is 71.4 cm³/mol. The number of aromatic nitrogens is 1. The Morgan fingerprint density at radius 2 is 1.85 bits per heavy atom. The maximum Gasteiger partial charge on any atom is 0.230 e. The van der Waals surface area contributed by atoms with Crippen molar-refractivity contribution in [1.29, 1.82) is 0 Å². The first-order valence-corrected chi connectivity index (χ1v) is 6.26. The molecule has 0 aliphatic heterocycles. The van der Waals surface area contributed by atoms with Crippen LogP contribution in [-0.2, 0) is 0 Å². The molecule has 0 unspecified atom stereocenters. The van der Waals surface area contributed by atoms with Gasteiger partial charge >= 0.3 is 0 Å². The van der Waals surface area contributed by atoms with Crippen LogP contribution in [0.1, 0.15) is 0 Å². The van der Waals surface area contributed by atoms with E-state index < -0.39 is 17.5 Å². The van der Waals surface area contributed by atoms with E-state index in [-0.39, 0.29) is 17.0 Å². The van der Waals surface area contributed by atoms with E-state index in [0.29, 0.717) is 15.7 Å². The van der Waals surface area contributed by atoms with Crippen LogP contribution in [0.5, 0.6) is 0 Å². The highest BCUT2D eigenvalue weighted by Gasteiger charge is 2.19. The molecule has 0 spiro atoms. The summed E-state index contributed by atoms with van der Waals surface area (Å²) in [5.41, 5.74) is 6.42. The summed E-state index contributed by atoms with van der Waals surface area (Å²) in [6, 6.07) is 5.08. The van der Waals surface area contributed by atoms with Gasteiger partial charge in [0.25, 0.3) is 0 Å². The highest BCUT2D eigenvalue weighted by molar-refractivity contribution is 9.10. The van der Waals surface area contributed by atoms with E-state index in [1.165, 1.54) is 0 Å². The second-order valence-electron chi connectivity index (χ2n) is 4.09. The van der Waals surface area contributed by atoms with Crippen molar-refractivity contribution in [3.8, 4) is 11.5 Å². The van der Waals surface area contributed by atoms with Crippen LogP contribution < -0.4 is 5.73 Å². The molecule has 0 saturated heterocycles. The van der Waals surface area contributed by atoms with Crippen molar-refractivity contribution in [1.82, 2.24) is 4.98 Å². The highest BCUT2D eigenvalue weighted by Crippen LogP contribution is 2.32. The fourth-order valence-corrected chi connectivity index (χ4v) is 2.29. The van der Waals surface area contributed by atoms with E-state index in [4.69, 9.17) is 10.2 Å². The molecule has 0 atom stereocenters. The number of hydrogen-bond acceptors (Lipinski definition) is 3. The molecule has 0 bridgehead atoms. The van der Waals surface area contributed by atoms with Crippen LogP contribution in [0.3, 0.4) is 0 Å². The van der Waals surface area contributed by atoms with Crippen LogP contribution in [-0.4, -0.2) is 4.98 Å². The fourth-order valence-electron chi connectivity index (χ4n) is 1.83. The minimum absolute atomic E-state index is 0.166. The molecule has 0 amide bonds. The van der Waals surface area contributed by atoms with Gasteiger partial charge in [-0.2, -0.15) is 0 Å². The van der Waals surface area contributed by atoms with E-state index in [0.717, 1.165) is 12.1 Å². The van der Waals surface area contributed by atoms with Crippen molar-refractivity contribution >= 4 is 32.7 Å². The summed E-state index contributed by atoms with van der Waals surface area (Å²) in [5, 5.41) is 0. The van der Waals surface area contributed by atoms with Crippen LogP contribution >= 0.6 is 15.9 Å². The molecule has 3 rings (SSSR count). The number of anilines is 1. The topological polar surface area (TPSA) is 52.0 Å². The molecule has 2 aromatic carbocycles. The van der Waals surface area contributed by atoms with Gasteiger partial charge in [-0.15, -0.1) is 0 Å². The summed E-state index contributed by atoms with van der Waals surface area (Å²) in [6.45, 7) is 0. The van der Waals surface area contributed by atoms with Crippen molar-refractivity contribution in [2.75, 3.05) is 5.73 Å². The second kappa shape index (κ2) is 4.52. The van der Waals surface area contributed by atoms with E-state index in [2.05, 4.69) is 20.9 Å². The normalized spacial score (nSPS) is 11.2. The summed E-state index contributed by atoms with van der Waals surface area (Å²) in [6.07, 6.45) is 0. The maximum atomic E-state index is 13.7. The molecule has 0 radical (unpaired) electrons. The Kier molecular flexibility index (Phi) is 2.93. The number of rotatable bonds is 1. The van der Waals surface area contributed by atoms with Gasteiger partial charge in [0, 0.05) is 4.47 Å². The van der Waals surface area contributed by atoms with Gasteiger partial charge in [-0.25, -0.2) is 18.2 Å². The number of nitrogens with two attached hydrogens (primary N) is 1. The zero-order chi connectivity index (χ0) is 14.4. The SMILES string of the molecule is Nc1cc(Br)cc2nc(-c3ccc(F)c(F)c3F)oc12. The first-order valence-electron chi connectivity index (χ1n) is 5.47. The average molecular weight is 343 g/mol. The highest BCUT2D eigenvalue weighted by atomic mass is 79.9. The zero-order valence-electron chi connectivity index (χ0n) is 9.75. The molecule has 0 aliphatic carbocycles. The van der Waals surface area contributed by atoms with Crippen LogP contribution in [0.15, 0.2) is 33.2 Å². The van der Waals surface area contributed by atoms with Crippen molar-refractivity contribution in [2.24, 2.45) is 0 Å². The number of nitrogens with zero attached hydrogens (tertiary/aromatic N) is 1. The molecular weight excluding hydrogens is 337 g/mol. The van der Waals surface area contributed by atoms with E-state index in [1.54, 1.807) is 12.1 Å². The van der Waals surface area contributed by atoms with Crippen LogP contribution in [0.2, 0.25) is 0 Å². The molecule has 0 saturated carbocycles. The molecule has 0 fully saturated rings. The van der Waals surface area contributed by atoms with E-state index in [1.807, 2.05) is 0 Å². The minimum atomic E-state index is -1.57. The van der Waals surface area contributed by atoms with Crippen LogP contribution in [0.25, 0.3) is 22.6 Å². The minimum Gasteiger partial charge on any atom is -0.434 e. The third-order valence-electron chi connectivity index (χ3n) is 2.75. The lowest BCUT2D eigenvalue weighted by molar-refractivity contribution is 0.446. The number of hydrogen-bond donors (Lipinski definition) is 1. The Morgan fingerprint density at radius 3 is 2.60 bits per heavy atom.